The van der Waals surface area contributed by atoms with Gasteiger partial charge in [-0.3, -0.25) is 4.79 Å². The molecule has 1 heterocycles. The van der Waals surface area contributed by atoms with Crippen molar-refractivity contribution in [2.45, 2.75) is 38.8 Å². The molecule has 0 aliphatic carbocycles. The van der Waals surface area contributed by atoms with E-state index >= 15 is 0 Å². The molecule has 2 rings (SSSR count). The zero-order valence-electron chi connectivity index (χ0n) is 12.0. The molecule has 2 atom stereocenters. The van der Waals surface area contributed by atoms with Crippen molar-refractivity contribution in [1.29, 1.82) is 0 Å². The van der Waals surface area contributed by atoms with Gasteiger partial charge >= 0.3 is 0 Å². The number of aliphatic hydroxyl groups excluding tert-OH is 1. The lowest BCUT2D eigenvalue weighted by Gasteiger charge is -2.33. The molecule has 1 aromatic rings. The first kappa shape index (κ1) is 14.8. The Morgan fingerprint density at radius 2 is 2.25 bits per heavy atom. The van der Waals surface area contributed by atoms with E-state index in [4.69, 9.17) is 15.6 Å². The van der Waals surface area contributed by atoms with E-state index in [2.05, 4.69) is 6.92 Å². The topological polar surface area (TPSA) is 75.8 Å². The van der Waals surface area contributed by atoms with E-state index in [1.54, 1.807) is 11.8 Å². The summed E-state index contributed by atoms with van der Waals surface area (Å²) in [6.45, 7) is 3.99. The maximum Gasteiger partial charge on any atom is 0.267 e. The van der Waals surface area contributed by atoms with E-state index < -0.39 is 6.10 Å². The first-order valence-corrected chi connectivity index (χ1v) is 7.07. The zero-order valence-corrected chi connectivity index (χ0v) is 12.0. The fourth-order valence-electron chi connectivity index (χ4n) is 2.46. The number of hydrogen-bond acceptors (Lipinski definition) is 4. The number of carbonyl (C=O) groups excluding carboxylic acids is 1. The summed E-state index contributed by atoms with van der Waals surface area (Å²) >= 11 is 0. The Labute approximate surface area is 119 Å². The number of carbonyl (C=O) groups is 1. The molecular formula is C15H22N2O3. The lowest BCUT2D eigenvalue weighted by atomic mass is 10.0. The van der Waals surface area contributed by atoms with Gasteiger partial charge < -0.3 is 20.5 Å². The molecule has 1 aliphatic rings. The molecule has 5 heteroatoms. The summed E-state index contributed by atoms with van der Waals surface area (Å²) in [5, 5.41) is 9.15. The molecule has 3 N–H and O–H groups in total. The minimum Gasteiger partial charge on any atom is -0.479 e. The van der Waals surface area contributed by atoms with Crippen LogP contribution in [0.25, 0.3) is 0 Å². The van der Waals surface area contributed by atoms with Gasteiger partial charge in [-0.15, -0.1) is 0 Å². The average Bonchev–Trinajstić information content (AvgIpc) is 2.44. The average molecular weight is 278 g/mol. The van der Waals surface area contributed by atoms with E-state index in [1.165, 1.54) is 0 Å². The van der Waals surface area contributed by atoms with E-state index in [1.807, 2.05) is 18.2 Å². The van der Waals surface area contributed by atoms with Crippen molar-refractivity contribution >= 4 is 11.6 Å². The van der Waals surface area contributed by atoms with Gasteiger partial charge in [0.05, 0.1) is 12.3 Å². The number of amides is 1. The first-order chi connectivity index (χ1) is 9.58. The van der Waals surface area contributed by atoms with Gasteiger partial charge in [0.1, 0.15) is 5.75 Å². The predicted octanol–water partition coefficient (Wildman–Crippen LogP) is 1.59. The Morgan fingerprint density at radius 3 is 2.90 bits per heavy atom. The lowest BCUT2D eigenvalue weighted by molar-refractivity contribution is -0.125. The van der Waals surface area contributed by atoms with Crippen molar-refractivity contribution in [2.75, 3.05) is 18.1 Å². The summed E-state index contributed by atoms with van der Waals surface area (Å²) in [4.78, 5) is 13.7. The second-order valence-corrected chi connectivity index (χ2v) is 5.10. The minimum absolute atomic E-state index is 0.0456. The van der Waals surface area contributed by atoms with Gasteiger partial charge in [-0.2, -0.15) is 0 Å². The molecule has 110 valence electrons. The smallest absolute Gasteiger partial charge is 0.267 e. The summed E-state index contributed by atoms with van der Waals surface area (Å²) in [5.41, 5.74) is 7.81. The van der Waals surface area contributed by atoms with E-state index in [0.717, 1.165) is 18.4 Å². The fraction of sp³-hybridized carbons (Fsp3) is 0.533. The highest BCUT2D eigenvalue weighted by Crippen LogP contribution is 2.36. The highest BCUT2D eigenvalue weighted by molar-refractivity contribution is 5.99. The Kier molecular flexibility index (Phi) is 4.62. The molecule has 1 aromatic carbocycles. The summed E-state index contributed by atoms with van der Waals surface area (Å²) in [5.74, 6) is 0.533. The number of β-amino-alcohol motifs (C(OH)–C–C–N with tert-alkyl or cyclic N) is 1. The summed E-state index contributed by atoms with van der Waals surface area (Å²) in [6.07, 6.45) is 1.37. The van der Waals surface area contributed by atoms with Crippen LogP contribution in [0.4, 0.5) is 5.69 Å². The van der Waals surface area contributed by atoms with E-state index in [9.17, 15) is 4.79 Å². The Morgan fingerprint density at radius 1 is 1.50 bits per heavy atom. The van der Waals surface area contributed by atoms with Crippen molar-refractivity contribution in [1.82, 2.24) is 0 Å². The van der Waals surface area contributed by atoms with Crippen LogP contribution in [0.15, 0.2) is 18.2 Å². The van der Waals surface area contributed by atoms with Crippen LogP contribution in [0.2, 0.25) is 0 Å². The van der Waals surface area contributed by atoms with Gasteiger partial charge in [0, 0.05) is 12.6 Å². The molecule has 5 nitrogen and oxygen atoms in total. The maximum atomic E-state index is 12.1. The highest BCUT2D eigenvalue weighted by Gasteiger charge is 2.31. The Hall–Kier alpha value is -1.59. The minimum atomic E-state index is -0.524. The summed E-state index contributed by atoms with van der Waals surface area (Å²) < 4.78 is 5.60. The largest absolute Gasteiger partial charge is 0.479 e. The predicted molar refractivity (Wildman–Crippen MR) is 77.8 cm³/mol. The second kappa shape index (κ2) is 6.24. The third-order valence-electron chi connectivity index (χ3n) is 3.54. The number of nitrogens with zero attached hydrogens (tertiary/aromatic N) is 1. The van der Waals surface area contributed by atoms with Gasteiger partial charge in [0.2, 0.25) is 0 Å². The highest BCUT2D eigenvalue weighted by atomic mass is 16.5. The van der Waals surface area contributed by atoms with Crippen LogP contribution >= 0.6 is 0 Å². The molecule has 1 amide bonds. The summed E-state index contributed by atoms with van der Waals surface area (Å²) in [7, 11) is 0. The quantitative estimate of drug-likeness (QED) is 0.857. The fourth-order valence-corrected chi connectivity index (χ4v) is 2.46. The zero-order chi connectivity index (χ0) is 14.7. The van der Waals surface area contributed by atoms with Crippen LogP contribution in [0.1, 0.15) is 38.3 Å². The third kappa shape index (κ3) is 2.78. The number of anilines is 1. The number of aliphatic hydroxyl groups is 1. The molecule has 0 saturated carbocycles. The van der Waals surface area contributed by atoms with Crippen molar-refractivity contribution < 1.29 is 14.6 Å². The van der Waals surface area contributed by atoms with Crippen molar-refractivity contribution in [2.24, 2.45) is 5.73 Å². The van der Waals surface area contributed by atoms with E-state index in [-0.39, 0.29) is 25.1 Å². The lowest BCUT2D eigenvalue weighted by Crippen LogP contribution is -2.45. The van der Waals surface area contributed by atoms with Crippen molar-refractivity contribution in [3.05, 3.63) is 23.8 Å². The van der Waals surface area contributed by atoms with Crippen LogP contribution in [-0.2, 0) is 4.79 Å². The molecule has 0 fully saturated rings. The van der Waals surface area contributed by atoms with Crippen molar-refractivity contribution in [3.63, 3.8) is 0 Å². The van der Waals surface area contributed by atoms with Gasteiger partial charge in [-0.25, -0.2) is 0 Å². The van der Waals surface area contributed by atoms with Gasteiger partial charge in [0.25, 0.3) is 5.91 Å². The van der Waals surface area contributed by atoms with Crippen molar-refractivity contribution in [3.8, 4) is 5.75 Å². The normalized spacial score (nSPS) is 19.5. The van der Waals surface area contributed by atoms with Crippen LogP contribution in [-0.4, -0.2) is 30.3 Å². The SMILES string of the molecule is CCCC(N)c1ccc2c(c1)N(CCO)C(=O)C(C)O2. The Balaban J connectivity index is 2.37. The molecule has 0 spiro atoms. The van der Waals surface area contributed by atoms with Crippen LogP contribution in [0, 0.1) is 0 Å². The molecule has 1 aliphatic heterocycles. The van der Waals surface area contributed by atoms with Crippen LogP contribution in [0.5, 0.6) is 5.75 Å². The van der Waals surface area contributed by atoms with Crippen LogP contribution < -0.4 is 15.4 Å². The van der Waals surface area contributed by atoms with Gasteiger partial charge in [0.15, 0.2) is 6.10 Å². The first-order valence-electron chi connectivity index (χ1n) is 7.07. The third-order valence-corrected chi connectivity index (χ3v) is 3.54. The number of ether oxygens (including phenoxy) is 1. The standard InChI is InChI=1S/C15H22N2O3/c1-3-4-12(16)11-5-6-14-13(9-11)17(7-8-18)15(19)10(2)20-14/h5-6,9-10,12,18H,3-4,7-8,16H2,1-2H3. The molecule has 0 bridgehead atoms. The second-order valence-electron chi connectivity index (χ2n) is 5.10. The number of benzene rings is 1. The van der Waals surface area contributed by atoms with E-state index in [0.29, 0.717) is 11.4 Å². The van der Waals surface area contributed by atoms with Gasteiger partial charge in [-0.05, 0) is 31.0 Å². The number of fused-ring (bicyclic) bond motifs is 1. The number of rotatable bonds is 5. The molecular weight excluding hydrogens is 256 g/mol. The Bertz CT molecular complexity index is 490. The maximum absolute atomic E-state index is 12.1. The van der Waals surface area contributed by atoms with Gasteiger partial charge in [-0.1, -0.05) is 19.4 Å². The molecule has 0 aromatic heterocycles. The summed E-state index contributed by atoms with van der Waals surface area (Å²) in [6, 6.07) is 5.65. The number of nitrogens with two attached hydrogens (primary N) is 1. The monoisotopic (exact) mass is 278 g/mol. The van der Waals surface area contributed by atoms with Crippen LogP contribution in [0.3, 0.4) is 0 Å². The number of hydrogen-bond donors (Lipinski definition) is 2. The molecule has 2 unspecified atom stereocenters. The molecule has 20 heavy (non-hydrogen) atoms. The molecule has 0 radical (unpaired) electrons. The molecule has 0 saturated heterocycles.